The molecule has 34 heavy (non-hydrogen) atoms. The number of aromatic nitrogens is 3. The van der Waals surface area contributed by atoms with Crippen molar-refractivity contribution in [3.8, 4) is 0 Å². The first-order valence-corrected chi connectivity index (χ1v) is 12.8. The van der Waals surface area contributed by atoms with Crippen molar-refractivity contribution in [2.75, 3.05) is 31.1 Å². The summed E-state index contributed by atoms with van der Waals surface area (Å²) in [6.45, 7) is 7.46. The molecule has 5 rings (SSSR count). The maximum absolute atomic E-state index is 13.1. The number of fused-ring (bicyclic) bond motifs is 1. The maximum atomic E-state index is 13.1. The highest BCUT2D eigenvalue weighted by atomic mass is 35.5. The Hall–Kier alpha value is -2.35. The van der Waals surface area contributed by atoms with Crippen LogP contribution in [0.3, 0.4) is 0 Å². The Labute approximate surface area is 210 Å². The molecule has 3 aromatic rings. The summed E-state index contributed by atoms with van der Waals surface area (Å²) in [5.74, 6) is 0.248. The highest BCUT2D eigenvalue weighted by molar-refractivity contribution is 6.35. The number of rotatable bonds is 4. The minimum Gasteiger partial charge on any atom is -0.368 e. The molecular formula is C25H30Cl2N6O. The molecular weight excluding hydrogens is 471 g/mol. The van der Waals surface area contributed by atoms with Crippen LogP contribution in [0.4, 0.5) is 5.69 Å². The van der Waals surface area contributed by atoms with Crippen LogP contribution in [0.15, 0.2) is 36.4 Å². The number of carbonyl (C=O) groups is 1. The number of piperazine rings is 1. The molecule has 7 nitrogen and oxygen atoms in total. The Kier molecular flexibility index (Phi) is 6.69. The van der Waals surface area contributed by atoms with Crippen molar-refractivity contribution in [2.45, 2.75) is 51.2 Å². The zero-order valence-corrected chi connectivity index (χ0v) is 21.1. The Balaban J connectivity index is 1.35. The molecule has 3 atom stereocenters. The third kappa shape index (κ3) is 4.49. The van der Waals surface area contributed by atoms with Crippen LogP contribution in [0.5, 0.6) is 0 Å². The molecule has 2 aliphatic rings. The number of piperidine rings is 1. The molecule has 0 bridgehead atoms. The van der Waals surface area contributed by atoms with Crippen molar-refractivity contribution in [1.82, 2.24) is 25.2 Å². The second-order valence-electron chi connectivity index (χ2n) is 9.38. The first-order valence-electron chi connectivity index (χ1n) is 12.0. The summed E-state index contributed by atoms with van der Waals surface area (Å²) in [6.07, 6.45) is 3.22. The summed E-state index contributed by atoms with van der Waals surface area (Å²) in [7, 11) is 0. The molecule has 2 fully saturated rings. The molecule has 2 saturated heterocycles. The Morgan fingerprint density at radius 2 is 2.00 bits per heavy atom. The van der Waals surface area contributed by atoms with Gasteiger partial charge in [-0.3, -0.25) is 4.79 Å². The number of anilines is 1. The summed E-state index contributed by atoms with van der Waals surface area (Å²) >= 11 is 12.5. The minimum atomic E-state index is -0.0959. The van der Waals surface area contributed by atoms with E-state index in [0.717, 1.165) is 67.7 Å². The van der Waals surface area contributed by atoms with E-state index in [1.54, 1.807) is 6.07 Å². The van der Waals surface area contributed by atoms with Crippen LogP contribution in [-0.2, 0) is 4.79 Å². The van der Waals surface area contributed by atoms with E-state index in [9.17, 15) is 4.79 Å². The molecule has 2 aliphatic heterocycles. The lowest BCUT2D eigenvalue weighted by Crippen LogP contribution is -2.58. The van der Waals surface area contributed by atoms with Crippen LogP contribution in [0.25, 0.3) is 11.0 Å². The molecule has 0 spiro atoms. The van der Waals surface area contributed by atoms with Crippen LogP contribution in [-0.4, -0.2) is 64.1 Å². The number of nitrogens with one attached hydrogen (secondary N) is 1. The highest BCUT2D eigenvalue weighted by Crippen LogP contribution is 2.31. The van der Waals surface area contributed by atoms with Gasteiger partial charge in [-0.05, 0) is 69.1 Å². The fourth-order valence-corrected chi connectivity index (χ4v) is 5.73. The Bertz CT molecular complexity index is 1190. The number of hydrogen-bond donors (Lipinski definition) is 1. The monoisotopic (exact) mass is 500 g/mol. The summed E-state index contributed by atoms with van der Waals surface area (Å²) < 4.78 is 1.91. The van der Waals surface area contributed by atoms with Crippen LogP contribution >= 0.6 is 23.2 Å². The zero-order valence-electron chi connectivity index (χ0n) is 19.5. The van der Waals surface area contributed by atoms with Crippen LogP contribution in [0.2, 0.25) is 10.0 Å². The van der Waals surface area contributed by atoms with Gasteiger partial charge >= 0.3 is 0 Å². The van der Waals surface area contributed by atoms with E-state index in [-0.39, 0.29) is 24.0 Å². The van der Waals surface area contributed by atoms with Gasteiger partial charge in [-0.1, -0.05) is 40.9 Å². The first-order chi connectivity index (χ1) is 16.4. The highest BCUT2D eigenvalue weighted by Gasteiger charge is 2.32. The molecule has 1 aromatic heterocycles. The molecule has 0 saturated carbocycles. The van der Waals surface area contributed by atoms with Gasteiger partial charge in [0.15, 0.2) is 0 Å². The Morgan fingerprint density at radius 3 is 2.74 bits per heavy atom. The fourth-order valence-electron chi connectivity index (χ4n) is 5.16. The van der Waals surface area contributed by atoms with Crippen molar-refractivity contribution in [2.24, 2.45) is 0 Å². The average molecular weight is 501 g/mol. The van der Waals surface area contributed by atoms with Crippen LogP contribution in [0.1, 0.15) is 44.7 Å². The van der Waals surface area contributed by atoms with Gasteiger partial charge < -0.3 is 15.1 Å². The molecule has 1 amide bonds. The van der Waals surface area contributed by atoms with E-state index in [2.05, 4.69) is 51.4 Å². The zero-order chi connectivity index (χ0) is 23.8. The van der Waals surface area contributed by atoms with Gasteiger partial charge in [-0.15, -0.1) is 5.10 Å². The van der Waals surface area contributed by atoms with Gasteiger partial charge in [0.25, 0.3) is 0 Å². The third-order valence-electron chi connectivity index (χ3n) is 7.12. The molecule has 180 valence electrons. The SMILES string of the molecule is CC(c1ccc(Cl)cc1Cl)n1nnc2ccc(N3CCN(C(=O)[C@H]4CCCCN4)[C@H](C)C3)cc21. The molecule has 1 unspecified atom stereocenters. The second kappa shape index (κ2) is 9.72. The predicted octanol–water partition coefficient (Wildman–Crippen LogP) is 4.53. The topological polar surface area (TPSA) is 66.3 Å². The lowest BCUT2D eigenvalue weighted by atomic mass is 10.0. The van der Waals surface area contributed by atoms with Crippen molar-refractivity contribution in [3.63, 3.8) is 0 Å². The van der Waals surface area contributed by atoms with Gasteiger partial charge in [-0.25, -0.2) is 4.68 Å². The summed E-state index contributed by atoms with van der Waals surface area (Å²) in [6, 6.07) is 11.8. The van der Waals surface area contributed by atoms with E-state index in [1.807, 2.05) is 22.9 Å². The van der Waals surface area contributed by atoms with E-state index in [1.165, 1.54) is 0 Å². The summed E-state index contributed by atoms with van der Waals surface area (Å²) in [4.78, 5) is 17.5. The predicted molar refractivity (Wildman–Crippen MR) is 137 cm³/mol. The molecule has 2 aromatic carbocycles. The van der Waals surface area contributed by atoms with Gasteiger partial charge in [0, 0.05) is 41.4 Å². The van der Waals surface area contributed by atoms with Crippen LogP contribution < -0.4 is 10.2 Å². The third-order valence-corrected chi connectivity index (χ3v) is 7.68. The quantitative estimate of drug-likeness (QED) is 0.569. The average Bonchev–Trinajstić information content (AvgIpc) is 3.27. The fraction of sp³-hybridized carbons (Fsp3) is 0.480. The maximum Gasteiger partial charge on any atom is 0.240 e. The van der Waals surface area contributed by atoms with Gasteiger partial charge in [0.1, 0.15) is 5.52 Å². The number of amides is 1. The molecule has 3 heterocycles. The largest absolute Gasteiger partial charge is 0.368 e. The Morgan fingerprint density at radius 1 is 1.15 bits per heavy atom. The number of hydrogen-bond acceptors (Lipinski definition) is 5. The van der Waals surface area contributed by atoms with E-state index >= 15 is 0 Å². The summed E-state index contributed by atoms with van der Waals surface area (Å²) in [5.41, 5.74) is 3.85. The van der Waals surface area contributed by atoms with Gasteiger partial charge in [0.05, 0.1) is 17.6 Å². The standard InChI is InChI=1S/C25H30Cl2N6O/c1-16-15-31(11-12-32(16)25(34)23-5-3-4-10-28-23)19-7-9-22-24(14-19)33(30-29-22)17(2)20-8-6-18(26)13-21(20)27/h6-9,13-14,16-17,23,28H,3-5,10-12,15H2,1-2H3/t16-,17?,23-/m1/s1. The lowest BCUT2D eigenvalue weighted by Gasteiger charge is -2.42. The van der Waals surface area contributed by atoms with Crippen molar-refractivity contribution in [3.05, 3.63) is 52.0 Å². The molecule has 1 N–H and O–H groups in total. The van der Waals surface area contributed by atoms with Crippen molar-refractivity contribution in [1.29, 1.82) is 0 Å². The minimum absolute atomic E-state index is 0.0271. The van der Waals surface area contributed by atoms with E-state index in [0.29, 0.717) is 10.0 Å². The second-order valence-corrected chi connectivity index (χ2v) is 10.2. The summed E-state index contributed by atoms with van der Waals surface area (Å²) in [5, 5.41) is 13.4. The number of carbonyl (C=O) groups excluding carboxylic acids is 1. The number of nitrogens with zero attached hydrogens (tertiary/aromatic N) is 5. The first kappa shape index (κ1) is 23.4. The van der Waals surface area contributed by atoms with Gasteiger partial charge in [-0.2, -0.15) is 0 Å². The number of halogens is 2. The van der Waals surface area contributed by atoms with E-state index in [4.69, 9.17) is 23.2 Å². The smallest absolute Gasteiger partial charge is 0.240 e. The number of benzene rings is 2. The lowest BCUT2D eigenvalue weighted by molar-refractivity contribution is -0.136. The van der Waals surface area contributed by atoms with E-state index < -0.39 is 0 Å². The van der Waals surface area contributed by atoms with Crippen molar-refractivity contribution >= 4 is 45.8 Å². The van der Waals surface area contributed by atoms with Gasteiger partial charge in [0.2, 0.25) is 5.91 Å². The molecule has 0 aliphatic carbocycles. The normalized spacial score (nSPS) is 22.2. The molecule has 9 heteroatoms. The van der Waals surface area contributed by atoms with Crippen LogP contribution in [0, 0.1) is 0 Å². The van der Waals surface area contributed by atoms with Crippen molar-refractivity contribution < 1.29 is 4.79 Å². The molecule has 0 radical (unpaired) electrons.